The molecule has 334 valence electrons. The number of para-hydroxylation sites is 5. The zero-order chi connectivity index (χ0) is 47.2. The predicted molar refractivity (Wildman–Crippen MR) is 293 cm³/mol. The topological polar surface area (TPSA) is 70.1 Å². The second kappa shape index (κ2) is 16.0. The molecule has 71 heavy (non-hydrogen) atoms. The first-order valence-electron chi connectivity index (χ1n) is 23.9. The Hall–Kier alpha value is -9.52. The van der Waals surface area contributed by atoms with E-state index in [4.69, 9.17) is 23.2 Å². The zero-order valence-corrected chi connectivity index (χ0v) is 38.6. The van der Waals surface area contributed by atoms with Crippen LogP contribution in [0.4, 0.5) is 0 Å². The van der Waals surface area contributed by atoms with E-state index in [0.717, 1.165) is 122 Å². The number of nitrogens with zero attached hydrogens (tertiary/aromatic N) is 3. The summed E-state index contributed by atoms with van der Waals surface area (Å²) in [5.41, 5.74) is 17.8. The number of aromatic nitrogens is 3. The van der Waals surface area contributed by atoms with Crippen molar-refractivity contribution in [1.29, 1.82) is 0 Å². The van der Waals surface area contributed by atoms with E-state index in [1.165, 1.54) is 10.8 Å². The number of benzene rings is 9. The van der Waals surface area contributed by atoms with Crippen molar-refractivity contribution in [1.82, 2.24) is 14.5 Å². The van der Waals surface area contributed by atoms with Crippen molar-refractivity contribution < 1.29 is 13.3 Å². The molecule has 0 bridgehead atoms. The van der Waals surface area contributed by atoms with Gasteiger partial charge in [0.2, 0.25) is 0 Å². The minimum absolute atomic E-state index is 0.602. The van der Waals surface area contributed by atoms with Gasteiger partial charge in [-0.15, -0.1) is 0 Å². The molecule has 0 aliphatic carbocycles. The summed E-state index contributed by atoms with van der Waals surface area (Å²) in [6.07, 6.45) is 8.03. The van der Waals surface area contributed by atoms with Gasteiger partial charge in [0.25, 0.3) is 0 Å². The Kier molecular flexibility index (Phi) is 9.16. The SMILES string of the molecule is C=C/C=C\C(=C/C)n1c2ccccc2c2cc(-c3ccc4oc5c(-c6ccc(-c7cccc8c7oc7ccccc78)cc6)nc(-c6ccc(-c7cccc8c7oc7ccccc78)cc6)nc5c4c3)ccc21. The summed E-state index contributed by atoms with van der Waals surface area (Å²) in [4.78, 5) is 10.7. The van der Waals surface area contributed by atoms with Gasteiger partial charge in [0.05, 0.1) is 11.0 Å². The first-order chi connectivity index (χ1) is 35.1. The van der Waals surface area contributed by atoms with Crippen LogP contribution in [0.1, 0.15) is 6.92 Å². The summed E-state index contributed by atoms with van der Waals surface area (Å²) in [5.74, 6) is 0.602. The first kappa shape index (κ1) is 40.5. The molecule has 0 fully saturated rings. The Morgan fingerprint density at radius 1 is 0.437 bits per heavy atom. The molecule has 14 aromatic rings. The highest BCUT2D eigenvalue weighted by molar-refractivity contribution is 6.14. The Balaban J connectivity index is 0.916. The lowest BCUT2D eigenvalue weighted by Gasteiger charge is -2.09. The van der Waals surface area contributed by atoms with Gasteiger partial charge in [-0.3, -0.25) is 0 Å². The minimum Gasteiger partial charge on any atom is -0.455 e. The molecule has 0 aliphatic heterocycles. The molecule has 0 saturated heterocycles. The Morgan fingerprint density at radius 3 is 1.59 bits per heavy atom. The number of hydrogen-bond donors (Lipinski definition) is 0. The average Bonchev–Trinajstić information content (AvgIpc) is 4.20. The number of allylic oxidation sites excluding steroid dienone is 5. The first-order valence-corrected chi connectivity index (χ1v) is 23.9. The van der Waals surface area contributed by atoms with Gasteiger partial charge in [0.1, 0.15) is 39.1 Å². The van der Waals surface area contributed by atoms with Crippen LogP contribution in [0.5, 0.6) is 0 Å². The maximum absolute atomic E-state index is 6.80. The van der Waals surface area contributed by atoms with Crippen LogP contribution < -0.4 is 0 Å². The molecule has 0 atom stereocenters. The van der Waals surface area contributed by atoms with Crippen molar-refractivity contribution >= 4 is 93.4 Å². The Bertz CT molecular complexity index is 4540. The van der Waals surface area contributed by atoms with Crippen LogP contribution in [0.25, 0.3) is 149 Å². The van der Waals surface area contributed by atoms with Gasteiger partial charge >= 0.3 is 0 Å². The molecule has 6 heteroatoms. The molecule has 14 rings (SSSR count). The highest BCUT2D eigenvalue weighted by atomic mass is 16.3. The van der Waals surface area contributed by atoms with E-state index in [-0.39, 0.29) is 0 Å². The molecule has 0 radical (unpaired) electrons. The molecule has 0 spiro atoms. The van der Waals surface area contributed by atoms with Gasteiger partial charge in [-0.2, -0.15) is 0 Å². The second-order valence-corrected chi connectivity index (χ2v) is 18.0. The lowest BCUT2D eigenvalue weighted by molar-refractivity contribution is 0.667. The van der Waals surface area contributed by atoms with Crippen molar-refractivity contribution in [2.75, 3.05) is 0 Å². The van der Waals surface area contributed by atoms with Crippen LogP contribution in [0.15, 0.2) is 238 Å². The summed E-state index contributed by atoms with van der Waals surface area (Å²) in [6, 6.07) is 67.8. The van der Waals surface area contributed by atoms with E-state index >= 15 is 0 Å². The molecule has 9 aromatic carbocycles. The van der Waals surface area contributed by atoms with E-state index in [9.17, 15) is 0 Å². The lowest BCUT2D eigenvalue weighted by Crippen LogP contribution is -1.94. The summed E-state index contributed by atoms with van der Waals surface area (Å²) in [7, 11) is 0. The third-order valence-corrected chi connectivity index (χ3v) is 14.0. The van der Waals surface area contributed by atoms with E-state index in [1.807, 2.05) is 36.4 Å². The fraction of sp³-hybridized carbons (Fsp3) is 0.0154. The summed E-state index contributed by atoms with van der Waals surface area (Å²) in [5, 5.41) is 7.68. The monoisotopic (exact) mass is 911 g/mol. The quantitative estimate of drug-likeness (QED) is 0.142. The van der Waals surface area contributed by atoms with Gasteiger partial charge in [-0.25, -0.2) is 9.97 Å². The van der Waals surface area contributed by atoms with E-state index in [2.05, 4.69) is 200 Å². The lowest BCUT2D eigenvalue weighted by atomic mass is 9.99. The smallest absolute Gasteiger partial charge is 0.180 e. The average molecular weight is 912 g/mol. The molecular formula is C65H41N3O3. The van der Waals surface area contributed by atoms with E-state index < -0.39 is 0 Å². The Labute approximate surface area is 407 Å². The van der Waals surface area contributed by atoms with Gasteiger partial charge in [-0.05, 0) is 77.7 Å². The number of furan rings is 3. The maximum atomic E-state index is 6.80. The van der Waals surface area contributed by atoms with Crippen LogP contribution >= 0.6 is 0 Å². The second-order valence-electron chi connectivity index (χ2n) is 18.0. The molecule has 0 aliphatic rings. The molecule has 5 heterocycles. The van der Waals surface area contributed by atoms with Gasteiger partial charge in [0.15, 0.2) is 11.4 Å². The molecule has 0 unspecified atom stereocenters. The number of fused-ring (bicyclic) bond motifs is 12. The third kappa shape index (κ3) is 6.42. The predicted octanol–water partition coefficient (Wildman–Crippen LogP) is 18.2. The van der Waals surface area contributed by atoms with E-state index in [1.54, 1.807) is 0 Å². The van der Waals surface area contributed by atoms with Crippen molar-refractivity contribution in [2.45, 2.75) is 6.92 Å². The minimum atomic E-state index is 0.602. The van der Waals surface area contributed by atoms with E-state index in [0.29, 0.717) is 17.1 Å². The molecule has 0 saturated carbocycles. The molecule has 5 aromatic heterocycles. The Morgan fingerprint density at radius 2 is 0.944 bits per heavy atom. The van der Waals surface area contributed by atoms with Crippen molar-refractivity contribution in [2.24, 2.45) is 0 Å². The summed E-state index contributed by atoms with van der Waals surface area (Å²) in [6.45, 7) is 5.98. The molecule has 6 nitrogen and oxygen atoms in total. The summed E-state index contributed by atoms with van der Waals surface area (Å²) >= 11 is 0. The van der Waals surface area contributed by atoms with Crippen LogP contribution in [0, 0.1) is 0 Å². The highest BCUT2D eigenvalue weighted by Gasteiger charge is 2.21. The summed E-state index contributed by atoms with van der Waals surface area (Å²) < 4.78 is 22.0. The number of rotatable bonds is 8. The van der Waals surface area contributed by atoms with Crippen molar-refractivity contribution in [3.8, 4) is 56.0 Å². The standard InChI is InChI=1S/C65H41N3O3/c1-3-5-14-45(4-2)68-55-22-9-6-15-48(55)53-37-43(33-35-56(53)68)44-34-36-59-54(38-44)61-64(71-59)60(41-29-25-39(26-30-41)46-18-12-20-51-49-16-7-10-23-57(49)69-62(46)51)66-65(67-61)42-31-27-40(28-32-42)47-19-13-21-52-50-17-8-11-24-58(50)70-63(47)52/h3-38H,1H2,2H3/b14-5-,45-4+. The fourth-order valence-corrected chi connectivity index (χ4v) is 10.6. The van der Waals surface area contributed by atoms with Crippen molar-refractivity contribution in [3.63, 3.8) is 0 Å². The van der Waals surface area contributed by atoms with Gasteiger partial charge in [-0.1, -0.05) is 176 Å². The largest absolute Gasteiger partial charge is 0.455 e. The zero-order valence-electron chi connectivity index (χ0n) is 38.6. The normalized spacial score (nSPS) is 12.4. The molecule has 0 N–H and O–H groups in total. The fourth-order valence-electron chi connectivity index (χ4n) is 10.6. The van der Waals surface area contributed by atoms with Gasteiger partial charge < -0.3 is 17.8 Å². The van der Waals surface area contributed by atoms with Crippen LogP contribution in [-0.4, -0.2) is 14.5 Å². The third-order valence-electron chi connectivity index (χ3n) is 14.0. The maximum Gasteiger partial charge on any atom is 0.180 e. The van der Waals surface area contributed by atoms with Crippen LogP contribution in [0.3, 0.4) is 0 Å². The number of hydrogen-bond acceptors (Lipinski definition) is 5. The van der Waals surface area contributed by atoms with Crippen molar-refractivity contribution in [3.05, 3.63) is 225 Å². The van der Waals surface area contributed by atoms with Crippen LogP contribution in [0.2, 0.25) is 0 Å². The highest BCUT2D eigenvalue weighted by Crippen LogP contribution is 2.42. The molecule has 0 amide bonds. The van der Waals surface area contributed by atoms with Crippen LogP contribution in [-0.2, 0) is 0 Å². The molecular weight excluding hydrogens is 871 g/mol. The van der Waals surface area contributed by atoms with Gasteiger partial charge in [0, 0.05) is 65.7 Å².